The lowest BCUT2D eigenvalue weighted by molar-refractivity contribution is 0.189. The van der Waals surface area contributed by atoms with E-state index >= 15 is 0 Å². The Morgan fingerprint density at radius 1 is 1.24 bits per heavy atom. The highest BCUT2D eigenvalue weighted by atomic mass is 16.5. The molecule has 0 saturated heterocycles. The maximum absolute atomic E-state index is 5.09. The number of nitrogens with zero attached hydrogens (tertiary/aromatic N) is 1. The quantitative estimate of drug-likeness (QED) is 0.736. The second-order valence-electron chi connectivity index (χ2n) is 4.46. The highest BCUT2D eigenvalue weighted by molar-refractivity contribution is 5.46. The summed E-state index contributed by atoms with van der Waals surface area (Å²) in [5, 5.41) is 3.36. The third-order valence-electron chi connectivity index (χ3n) is 3.00. The van der Waals surface area contributed by atoms with Crippen LogP contribution in [-0.4, -0.2) is 34.9 Å². The summed E-state index contributed by atoms with van der Waals surface area (Å²) in [7, 11) is 7.88. The van der Waals surface area contributed by atoms with Crippen molar-refractivity contribution in [1.82, 2.24) is 5.32 Å². The average Bonchev–Trinajstić information content (AvgIpc) is 2.35. The summed E-state index contributed by atoms with van der Waals surface area (Å²) >= 11 is 0. The molecule has 1 N–H and O–H groups in total. The largest absolute Gasteiger partial charge is 0.385 e. The van der Waals surface area contributed by atoms with Crippen LogP contribution in [0.15, 0.2) is 24.3 Å². The van der Waals surface area contributed by atoms with E-state index in [0.29, 0.717) is 6.04 Å². The molecule has 3 heteroatoms. The van der Waals surface area contributed by atoms with Gasteiger partial charge in [-0.2, -0.15) is 0 Å². The van der Waals surface area contributed by atoms with Crippen LogP contribution in [0.3, 0.4) is 0 Å². The third kappa shape index (κ3) is 4.36. The summed E-state index contributed by atoms with van der Waals surface area (Å²) in [6.45, 7) is 0.827. The SMILES string of the molecule is CNC(CCCOC)c1ccc(N(C)C)cc1. The molecule has 3 nitrogen and oxygen atoms in total. The van der Waals surface area contributed by atoms with Gasteiger partial charge in [0.25, 0.3) is 0 Å². The Morgan fingerprint density at radius 3 is 2.35 bits per heavy atom. The van der Waals surface area contributed by atoms with Crippen LogP contribution in [-0.2, 0) is 4.74 Å². The number of hydrogen-bond acceptors (Lipinski definition) is 3. The summed E-state index contributed by atoms with van der Waals surface area (Å²) < 4.78 is 5.09. The van der Waals surface area contributed by atoms with Gasteiger partial charge in [-0.3, -0.25) is 0 Å². The molecule has 1 aromatic rings. The van der Waals surface area contributed by atoms with Crippen molar-refractivity contribution in [3.05, 3.63) is 29.8 Å². The van der Waals surface area contributed by atoms with E-state index in [9.17, 15) is 0 Å². The zero-order chi connectivity index (χ0) is 12.7. The van der Waals surface area contributed by atoms with Crippen LogP contribution in [0.2, 0.25) is 0 Å². The van der Waals surface area contributed by atoms with Gasteiger partial charge in [0.05, 0.1) is 0 Å². The normalized spacial score (nSPS) is 12.5. The van der Waals surface area contributed by atoms with Gasteiger partial charge in [0.2, 0.25) is 0 Å². The lowest BCUT2D eigenvalue weighted by Gasteiger charge is -2.18. The lowest BCUT2D eigenvalue weighted by atomic mass is 10.0. The van der Waals surface area contributed by atoms with Crippen LogP contribution in [0.4, 0.5) is 5.69 Å². The minimum Gasteiger partial charge on any atom is -0.385 e. The van der Waals surface area contributed by atoms with Crippen molar-refractivity contribution in [3.8, 4) is 0 Å². The van der Waals surface area contributed by atoms with Gasteiger partial charge in [0, 0.05) is 39.5 Å². The lowest BCUT2D eigenvalue weighted by Crippen LogP contribution is -2.17. The molecular formula is C14H24N2O. The van der Waals surface area contributed by atoms with E-state index in [1.165, 1.54) is 11.3 Å². The second-order valence-corrected chi connectivity index (χ2v) is 4.46. The predicted molar refractivity (Wildman–Crippen MR) is 73.7 cm³/mol. The molecular weight excluding hydrogens is 212 g/mol. The maximum atomic E-state index is 5.09. The molecule has 0 aliphatic rings. The number of anilines is 1. The molecule has 1 aromatic carbocycles. The highest BCUT2D eigenvalue weighted by Gasteiger charge is 2.08. The van der Waals surface area contributed by atoms with E-state index in [-0.39, 0.29) is 0 Å². The number of hydrogen-bond donors (Lipinski definition) is 1. The highest BCUT2D eigenvalue weighted by Crippen LogP contribution is 2.21. The smallest absolute Gasteiger partial charge is 0.0462 e. The Morgan fingerprint density at radius 2 is 1.88 bits per heavy atom. The van der Waals surface area contributed by atoms with Gasteiger partial charge in [-0.1, -0.05) is 12.1 Å². The molecule has 0 aromatic heterocycles. The van der Waals surface area contributed by atoms with E-state index in [2.05, 4.69) is 48.6 Å². The second kappa shape index (κ2) is 7.30. The molecule has 0 heterocycles. The molecule has 1 atom stereocenters. The summed E-state index contributed by atoms with van der Waals surface area (Å²) in [5.41, 5.74) is 2.58. The van der Waals surface area contributed by atoms with Gasteiger partial charge in [0.15, 0.2) is 0 Å². The van der Waals surface area contributed by atoms with Crippen LogP contribution in [0, 0.1) is 0 Å². The fourth-order valence-corrected chi connectivity index (χ4v) is 1.91. The van der Waals surface area contributed by atoms with Crippen molar-refractivity contribution in [2.45, 2.75) is 18.9 Å². The van der Waals surface area contributed by atoms with Crippen LogP contribution >= 0.6 is 0 Å². The van der Waals surface area contributed by atoms with E-state index in [4.69, 9.17) is 4.74 Å². The molecule has 1 unspecified atom stereocenters. The minimum atomic E-state index is 0.418. The molecule has 0 bridgehead atoms. The first kappa shape index (κ1) is 14.0. The molecule has 0 spiro atoms. The molecule has 17 heavy (non-hydrogen) atoms. The Balaban J connectivity index is 2.62. The first-order chi connectivity index (χ1) is 8.19. The molecule has 1 rings (SSSR count). The molecule has 0 amide bonds. The van der Waals surface area contributed by atoms with Crippen molar-refractivity contribution in [2.75, 3.05) is 39.8 Å². The molecule has 0 saturated carbocycles. The van der Waals surface area contributed by atoms with Crippen molar-refractivity contribution in [2.24, 2.45) is 0 Å². The fraction of sp³-hybridized carbons (Fsp3) is 0.571. The van der Waals surface area contributed by atoms with Crippen molar-refractivity contribution >= 4 is 5.69 Å². The van der Waals surface area contributed by atoms with Crippen LogP contribution in [0.1, 0.15) is 24.4 Å². The predicted octanol–water partition coefficient (Wildman–Crippen LogP) is 2.44. The van der Waals surface area contributed by atoms with E-state index < -0.39 is 0 Å². The Bertz CT molecular complexity index is 309. The average molecular weight is 236 g/mol. The topological polar surface area (TPSA) is 24.5 Å². The zero-order valence-electron chi connectivity index (χ0n) is 11.4. The standard InChI is InChI=1S/C14H24N2O/c1-15-14(6-5-11-17-4)12-7-9-13(10-8-12)16(2)3/h7-10,14-15H,5-6,11H2,1-4H3. The Hall–Kier alpha value is -1.06. The molecule has 0 fully saturated rings. The number of methoxy groups -OCH3 is 1. The molecule has 96 valence electrons. The first-order valence-electron chi connectivity index (χ1n) is 6.12. The van der Waals surface area contributed by atoms with Gasteiger partial charge in [-0.15, -0.1) is 0 Å². The number of benzene rings is 1. The van der Waals surface area contributed by atoms with Crippen molar-refractivity contribution < 1.29 is 4.74 Å². The number of rotatable bonds is 7. The molecule has 0 aliphatic carbocycles. The van der Waals surface area contributed by atoms with Crippen LogP contribution in [0.5, 0.6) is 0 Å². The van der Waals surface area contributed by atoms with Gasteiger partial charge < -0.3 is 15.0 Å². The Kier molecular flexibility index (Phi) is 6.01. The Labute approximate surface area is 105 Å². The van der Waals surface area contributed by atoms with E-state index in [0.717, 1.165) is 19.4 Å². The third-order valence-corrected chi connectivity index (χ3v) is 3.00. The van der Waals surface area contributed by atoms with Crippen molar-refractivity contribution in [3.63, 3.8) is 0 Å². The van der Waals surface area contributed by atoms with Crippen LogP contribution in [0.25, 0.3) is 0 Å². The van der Waals surface area contributed by atoms with Gasteiger partial charge >= 0.3 is 0 Å². The monoisotopic (exact) mass is 236 g/mol. The van der Waals surface area contributed by atoms with Gasteiger partial charge in [-0.25, -0.2) is 0 Å². The summed E-state index contributed by atoms with van der Waals surface area (Å²) in [6, 6.07) is 9.14. The zero-order valence-corrected chi connectivity index (χ0v) is 11.4. The first-order valence-corrected chi connectivity index (χ1v) is 6.12. The van der Waals surface area contributed by atoms with Crippen LogP contribution < -0.4 is 10.2 Å². The van der Waals surface area contributed by atoms with Gasteiger partial charge in [0.1, 0.15) is 0 Å². The summed E-state index contributed by atoms with van der Waals surface area (Å²) in [5.74, 6) is 0. The number of ether oxygens (including phenoxy) is 1. The number of nitrogens with one attached hydrogen (secondary N) is 1. The van der Waals surface area contributed by atoms with Crippen molar-refractivity contribution in [1.29, 1.82) is 0 Å². The molecule has 0 aliphatic heterocycles. The summed E-state index contributed by atoms with van der Waals surface area (Å²) in [6.07, 6.45) is 2.18. The minimum absolute atomic E-state index is 0.418. The molecule has 0 radical (unpaired) electrons. The van der Waals surface area contributed by atoms with E-state index in [1.807, 2.05) is 7.05 Å². The maximum Gasteiger partial charge on any atom is 0.0462 e. The summed E-state index contributed by atoms with van der Waals surface area (Å²) in [4.78, 5) is 2.11. The van der Waals surface area contributed by atoms with E-state index in [1.54, 1.807) is 7.11 Å². The van der Waals surface area contributed by atoms with Gasteiger partial charge in [-0.05, 0) is 37.6 Å². The fourth-order valence-electron chi connectivity index (χ4n) is 1.91.